The lowest BCUT2D eigenvalue weighted by Crippen LogP contribution is -2.46. The highest BCUT2D eigenvalue weighted by Crippen LogP contribution is 2.35. The molecule has 6 nitrogen and oxygen atoms in total. The molecule has 4 rings (SSSR count). The average Bonchev–Trinajstić information content (AvgIpc) is 3.31. The number of aromatic nitrogens is 2. The van der Waals surface area contributed by atoms with E-state index in [2.05, 4.69) is 15.5 Å². The van der Waals surface area contributed by atoms with E-state index < -0.39 is 5.54 Å². The second-order valence-corrected chi connectivity index (χ2v) is 8.14. The number of carbonyl (C=O) groups is 1. The molecular formula is C22H29N3O3. The minimum Gasteiger partial charge on any atom is -0.490 e. The van der Waals surface area contributed by atoms with Gasteiger partial charge in [-0.05, 0) is 62.8 Å². The summed E-state index contributed by atoms with van der Waals surface area (Å²) in [5, 5.41) is 7.40. The predicted molar refractivity (Wildman–Crippen MR) is 105 cm³/mol. The Morgan fingerprint density at radius 3 is 2.36 bits per heavy atom. The second-order valence-electron chi connectivity index (χ2n) is 8.14. The van der Waals surface area contributed by atoms with E-state index in [0.29, 0.717) is 23.4 Å². The average molecular weight is 383 g/mol. The van der Waals surface area contributed by atoms with Crippen LogP contribution in [0.1, 0.15) is 86.3 Å². The summed E-state index contributed by atoms with van der Waals surface area (Å²) in [5.74, 6) is 1.86. The number of rotatable bonds is 5. The molecule has 0 atom stereocenters. The molecule has 0 unspecified atom stereocenters. The molecule has 1 heterocycles. The number of nitrogens with zero attached hydrogens (tertiary/aromatic N) is 2. The van der Waals surface area contributed by atoms with Crippen molar-refractivity contribution in [2.45, 2.75) is 82.8 Å². The van der Waals surface area contributed by atoms with E-state index in [4.69, 9.17) is 9.26 Å². The van der Waals surface area contributed by atoms with Crippen LogP contribution >= 0.6 is 0 Å². The number of amides is 1. The van der Waals surface area contributed by atoms with Gasteiger partial charge in [0, 0.05) is 12.5 Å². The van der Waals surface area contributed by atoms with Crippen molar-refractivity contribution in [3.63, 3.8) is 0 Å². The molecule has 2 aliphatic rings. The summed E-state index contributed by atoms with van der Waals surface area (Å²) in [6, 6.07) is 7.47. The molecule has 1 aromatic carbocycles. The number of benzene rings is 1. The fourth-order valence-electron chi connectivity index (χ4n) is 4.40. The van der Waals surface area contributed by atoms with E-state index in [0.717, 1.165) is 44.3 Å². The van der Waals surface area contributed by atoms with Crippen LogP contribution in [0, 0.1) is 6.92 Å². The van der Waals surface area contributed by atoms with Crippen molar-refractivity contribution in [2.24, 2.45) is 0 Å². The van der Waals surface area contributed by atoms with E-state index >= 15 is 0 Å². The standard InChI is InChI=1S/C22H29N3O3/c1-16-23-21(25-28-16)22(14-6-2-3-7-15-22)24-20(26)17-10-12-19(13-11-17)27-18-8-4-5-9-18/h10-13,18H,2-9,14-15H2,1H3,(H,24,26). The number of aryl methyl sites for hydroxylation is 1. The molecule has 0 spiro atoms. The Balaban J connectivity index is 1.49. The van der Waals surface area contributed by atoms with Crippen molar-refractivity contribution in [3.05, 3.63) is 41.5 Å². The first-order valence-corrected chi connectivity index (χ1v) is 10.5. The Morgan fingerprint density at radius 1 is 1.07 bits per heavy atom. The van der Waals surface area contributed by atoms with Crippen LogP contribution in [0.2, 0.25) is 0 Å². The monoisotopic (exact) mass is 383 g/mol. The van der Waals surface area contributed by atoms with Gasteiger partial charge in [0.25, 0.3) is 5.91 Å². The number of hydrogen-bond donors (Lipinski definition) is 1. The second kappa shape index (κ2) is 8.33. The number of nitrogens with one attached hydrogen (secondary N) is 1. The zero-order chi connectivity index (χ0) is 19.4. The lowest BCUT2D eigenvalue weighted by atomic mass is 9.88. The van der Waals surface area contributed by atoms with E-state index in [1.54, 1.807) is 6.92 Å². The van der Waals surface area contributed by atoms with Crippen LogP contribution in [0.3, 0.4) is 0 Å². The van der Waals surface area contributed by atoms with Gasteiger partial charge in [0.2, 0.25) is 5.89 Å². The van der Waals surface area contributed by atoms with Gasteiger partial charge in [0.05, 0.1) is 6.10 Å². The van der Waals surface area contributed by atoms with Crippen LogP contribution < -0.4 is 10.1 Å². The van der Waals surface area contributed by atoms with Gasteiger partial charge in [-0.2, -0.15) is 4.98 Å². The molecule has 2 saturated carbocycles. The van der Waals surface area contributed by atoms with E-state index in [9.17, 15) is 4.79 Å². The highest BCUT2D eigenvalue weighted by atomic mass is 16.5. The summed E-state index contributed by atoms with van der Waals surface area (Å²) in [7, 11) is 0. The molecular weight excluding hydrogens is 354 g/mol. The number of ether oxygens (including phenoxy) is 1. The van der Waals surface area contributed by atoms with Crippen LogP contribution in [0.15, 0.2) is 28.8 Å². The fraction of sp³-hybridized carbons (Fsp3) is 0.591. The van der Waals surface area contributed by atoms with E-state index in [1.165, 1.54) is 25.7 Å². The molecule has 0 bridgehead atoms. The van der Waals surface area contributed by atoms with Crippen molar-refractivity contribution in [1.82, 2.24) is 15.5 Å². The van der Waals surface area contributed by atoms with Crippen molar-refractivity contribution in [1.29, 1.82) is 0 Å². The molecule has 1 aromatic heterocycles. The minimum atomic E-state index is -0.551. The van der Waals surface area contributed by atoms with E-state index in [-0.39, 0.29) is 5.91 Å². The van der Waals surface area contributed by atoms with Crippen molar-refractivity contribution in [2.75, 3.05) is 0 Å². The number of carbonyl (C=O) groups excluding carboxylic acids is 1. The van der Waals surface area contributed by atoms with Crippen LogP contribution in [-0.4, -0.2) is 22.2 Å². The predicted octanol–water partition coefficient (Wildman–Crippen LogP) is 4.68. The van der Waals surface area contributed by atoms with Gasteiger partial charge in [-0.3, -0.25) is 4.79 Å². The summed E-state index contributed by atoms with van der Waals surface area (Å²) >= 11 is 0. The Kier molecular flexibility index (Phi) is 5.64. The molecule has 2 aromatic rings. The van der Waals surface area contributed by atoms with Gasteiger partial charge < -0.3 is 14.6 Å². The zero-order valence-corrected chi connectivity index (χ0v) is 16.6. The fourth-order valence-corrected chi connectivity index (χ4v) is 4.40. The normalized spacial score (nSPS) is 19.9. The third-order valence-electron chi connectivity index (χ3n) is 5.99. The lowest BCUT2D eigenvalue weighted by Gasteiger charge is -2.30. The number of hydrogen-bond acceptors (Lipinski definition) is 5. The van der Waals surface area contributed by atoms with E-state index in [1.807, 2.05) is 24.3 Å². The molecule has 0 aliphatic heterocycles. The van der Waals surface area contributed by atoms with Gasteiger partial charge in [-0.15, -0.1) is 0 Å². The van der Waals surface area contributed by atoms with Gasteiger partial charge >= 0.3 is 0 Å². The topological polar surface area (TPSA) is 77.2 Å². The zero-order valence-electron chi connectivity index (χ0n) is 16.6. The SMILES string of the molecule is Cc1nc(C2(NC(=O)c3ccc(OC4CCCC4)cc3)CCCCCC2)no1. The molecule has 1 amide bonds. The molecule has 28 heavy (non-hydrogen) atoms. The molecule has 2 aliphatic carbocycles. The Morgan fingerprint density at radius 2 is 1.75 bits per heavy atom. The summed E-state index contributed by atoms with van der Waals surface area (Å²) in [5.41, 5.74) is 0.0762. The largest absolute Gasteiger partial charge is 0.490 e. The minimum absolute atomic E-state index is 0.100. The molecule has 2 fully saturated rings. The van der Waals surface area contributed by atoms with Crippen LogP contribution in [0.25, 0.3) is 0 Å². The first kappa shape index (κ1) is 19.0. The quantitative estimate of drug-likeness (QED) is 0.759. The van der Waals surface area contributed by atoms with Gasteiger partial charge in [0.15, 0.2) is 5.82 Å². The molecule has 6 heteroatoms. The highest BCUT2D eigenvalue weighted by Gasteiger charge is 2.39. The first-order chi connectivity index (χ1) is 13.6. The van der Waals surface area contributed by atoms with Crippen molar-refractivity contribution < 1.29 is 14.1 Å². The first-order valence-electron chi connectivity index (χ1n) is 10.5. The summed E-state index contributed by atoms with van der Waals surface area (Å²) < 4.78 is 11.2. The highest BCUT2D eigenvalue weighted by molar-refractivity contribution is 5.94. The van der Waals surface area contributed by atoms with Crippen LogP contribution in [0.4, 0.5) is 0 Å². The Labute approximate surface area is 166 Å². The maximum atomic E-state index is 13.0. The molecule has 0 saturated heterocycles. The van der Waals surface area contributed by atoms with Gasteiger partial charge in [-0.1, -0.05) is 30.8 Å². The third kappa shape index (κ3) is 4.21. The van der Waals surface area contributed by atoms with Crippen LogP contribution in [-0.2, 0) is 5.54 Å². The van der Waals surface area contributed by atoms with Crippen molar-refractivity contribution >= 4 is 5.91 Å². The molecule has 1 N–H and O–H groups in total. The lowest BCUT2D eigenvalue weighted by molar-refractivity contribution is 0.0876. The van der Waals surface area contributed by atoms with Gasteiger partial charge in [0.1, 0.15) is 11.3 Å². The Hall–Kier alpha value is -2.37. The van der Waals surface area contributed by atoms with Crippen molar-refractivity contribution in [3.8, 4) is 5.75 Å². The van der Waals surface area contributed by atoms with Crippen LogP contribution in [0.5, 0.6) is 5.75 Å². The third-order valence-corrected chi connectivity index (χ3v) is 5.99. The maximum absolute atomic E-state index is 13.0. The summed E-state index contributed by atoms with van der Waals surface area (Å²) in [6.07, 6.45) is 11.1. The smallest absolute Gasteiger partial charge is 0.252 e. The molecule has 0 radical (unpaired) electrons. The molecule has 150 valence electrons. The van der Waals surface area contributed by atoms with Gasteiger partial charge in [-0.25, -0.2) is 0 Å². The maximum Gasteiger partial charge on any atom is 0.252 e. The summed E-state index contributed by atoms with van der Waals surface area (Å²) in [6.45, 7) is 1.78. The Bertz CT molecular complexity index is 786. The summed E-state index contributed by atoms with van der Waals surface area (Å²) in [4.78, 5) is 17.5.